The number of anilines is 1. The number of ether oxygens (including phenoxy) is 2. The fraction of sp³-hybridized carbons (Fsp3) is 0.600. The number of nitrogens with one attached hydrogen (secondary N) is 1. The van der Waals surface area contributed by atoms with Gasteiger partial charge in [-0.05, 0) is 37.3 Å². The predicted molar refractivity (Wildman–Crippen MR) is 98.9 cm³/mol. The number of amides is 2. The number of carbonyl (C=O) groups excluding carboxylic acids is 2. The Morgan fingerprint density at radius 2 is 1.89 bits per heavy atom. The van der Waals surface area contributed by atoms with E-state index >= 15 is 0 Å². The van der Waals surface area contributed by atoms with Crippen LogP contribution < -0.4 is 10.2 Å². The minimum absolute atomic E-state index is 0.174. The fourth-order valence-electron chi connectivity index (χ4n) is 3.97. The SMILES string of the molecule is COC(CC1CCN(c2ccc(C3CCC(=O)NC3=O)c(F)c2)CC1)OC. The molecule has 148 valence electrons. The maximum atomic E-state index is 14.7. The Morgan fingerprint density at radius 1 is 1.19 bits per heavy atom. The van der Waals surface area contributed by atoms with Crippen LogP contribution in [0, 0.1) is 11.7 Å². The molecule has 3 rings (SSSR count). The number of imide groups is 1. The van der Waals surface area contributed by atoms with Crippen molar-refractivity contribution in [2.24, 2.45) is 5.92 Å². The van der Waals surface area contributed by atoms with E-state index in [0.717, 1.165) is 38.0 Å². The lowest BCUT2D eigenvalue weighted by Gasteiger charge is -2.35. The van der Waals surface area contributed by atoms with E-state index in [2.05, 4.69) is 10.2 Å². The van der Waals surface area contributed by atoms with Crippen LogP contribution in [-0.4, -0.2) is 45.4 Å². The second kappa shape index (κ2) is 8.80. The highest BCUT2D eigenvalue weighted by molar-refractivity contribution is 6.00. The van der Waals surface area contributed by atoms with Crippen molar-refractivity contribution in [3.63, 3.8) is 0 Å². The lowest BCUT2D eigenvalue weighted by atomic mass is 9.89. The van der Waals surface area contributed by atoms with Gasteiger partial charge < -0.3 is 14.4 Å². The Bertz CT molecular complexity index is 685. The van der Waals surface area contributed by atoms with Crippen molar-refractivity contribution in [3.8, 4) is 0 Å². The summed E-state index contributed by atoms with van der Waals surface area (Å²) in [5.74, 6) is -1.16. The summed E-state index contributed by atoms with van der Waals surface area (Å²) in [7, 11) is 3.30. The van der Waals surface area contributed by atoms with Crippen LogP contribution in [0.3, 0.4) is 0 Å². The molecule has 0 aliphatic carbocycles. The number of rotatable bonds is 6. The van der Waals surface area contributed by atoms with Crippen molar-refractivity contribution >= 4 is 17.5 Å². The quantitative estimate of drug-likeness (QED) is 0.609. The third-order valence-electron chi connectivity index (χ3n) is 5.63. The third-order valence-corrected chi connectivity index (χ3v) is 5.63. The van der Waals surface area contributed by atoms with Crippen LogP contribution in [0.5, 0.6) is 0 Å². The summed E-state index contributed by atoms with van der Waals surface area (Å²) in [6.45, 7) is 1.70. The Balaban J connectivity index is 1.61. The molecule has 1 unspecified atom stereocenters. The van der Waals surface area contributed by atoms with Crippen LogP contribution in [0.25, 0.3) is 0 Å². The zero-order valence-electron chi connectivity index (χ0n) is 15.9. The van der Waals surface area contributed by atoms with Crippen LogP contribution in [0.2, 0.25) is 0 Å². The molecule has 2 aliphatic rings. The van der Waals surface area contributed by atoms with E-state index in [4.69, 9.17) is 9.47 Å². The van der Waals surface area contributed by atoms with Crippen molar-refractivity contribution in [1.82, 2.24) is 5.32 Å². The van der Waals surface area contributed by atoms with E-state index in [9.17, 15) is 14.0 Å². The standard InChI is InChI=1S/C20H27FN2O4/c1-26-19(27-2)11-13-7-9-23(10-8-13)14-3-4-15(17(21)12-14)16-5-6-18(24)22-20(16)25/h3-4,12-13,16,19H,5-11H2,1-2H3,(H,22,24,25). The summed E-state index contributed by atoms with van der Waals surface area (Å²) in [4.78, 5) is 25.4. The lowest BCUT2D eigenvalue weighted by molar-refractivity contribution is -0.134. The molecule has 2 amide bonds. The van der Waals surface area contributed by atoms with Crippen molar-refractivity contribution in [3.05, 3.63) is 29.6 Å². The molecule has 0 spiro atoms. The Morgan fingerprint density at radius 3 is 2.48 bits per heavy atom. The van der Waals surface area contributed by atoms with Gasteiger partial charge in [0.1, 0.15) is 5.82 Å². The summed E-state index contributed by atoms with van der Waals surface area (Å²) in [5, 5.41) is 2.29. The number of benzene rings is 1. The minimum Gasteiger partial charge on any atom is -0.371 e. The zero-order valence-corrected chi connectivity index (χ0v) is 15.9. The van der Waals surface area contributed by atoms with Gasteiger partial charge in [-0.15, -0.1) is 0 Å². The molecule has 1 aromatic carbocycles. The fourth-order valence-corrected chi connectivity index (χ4v) is 3.97. The summed E-state index contributed by atoms with van der Waals surface area (Å²) in [6, 6.07) is 5.06. The molecule has 2 aliphatic heterocycles. The van der Waals surface area contributed by atoms with Gasteiger partial charge in [0.25, 0.3) is 0 Å². The molecule has 1 N–H and O–H groups in total. The van der Waals surface area contributed by atoms with Crippen molar-refractivity contribution in [2.45, 2.75) is 44.3 Å². The van der Waals surface area contributed by atoms with Crippen LogP contribution in [0.15, 0.2) is 18.2 Å². The molecule has 0 radical (unpaired) electrons. The number of carbonyl (C=O) groups is 2. The Labute approximate surface area is 159 Å². The number of halogens is 1. The maximum Gasteiger partial charge on any atom is 0.234 e. The molecular weight excluding hydrogens is 351 g/mol. The van der Waals surface area contributed by atoms with E-state index in [0.29, 0.717) is 17.9 Å². The third kappa shape index (κ3) is 4.65. The molecule has 0 saturated carbocycles. The summed E-state index contributed by atoms with van der Waals surface area (Å²) < 4.78 is 25.2. The van der Waals surface area contributed by atoms with Gasteiger partial charge in [0.15, 0.2) is 6.29 Å². The first-order chi connectivity index (χ1) is 13.0. The van der Waals surface area contributed by atoms with E-state index in [-0.39, 0.29) is 24.4 Å². The first kappa shape index (κ1) is 19.8. The monoisotopic (exact) mass is 378 g/mol. The normalized spacial score (nSPS) is 21.6. The van der Waals surface area contributed by atoms with E-state index < -0.39 is 11.8 Å². The van der Waals surface area contributed by atoms with Gasteiger partial charge in [0, 0.05) is 51.4 Å². The highest BCUT2D eigenvalue weighted by Gasteiger charge is 2.30. The lowest BCUT2D eigenvalue weighted by Crippen LogP contribution is -2.39. The van der Waals surface area contributed by atoms with Gasteiger partial charge in [-0.2, -0.15) is 0 Å². The largest absolute Gasteiger partial charge is 0.371 e. The first-order valence-corrected chi connectivity index (χ1v) is 9.45. The van der Waals surface area contributed by atoms with Crippen molar-refractivity contribution in [1.29, 1.82) is 0 Å². The molecule has 2 heterocycles. The highest BCUT2D eigenvalue weighted by atomic mass is 19.1. The number of piperidine rings is 2. The van der Waals surface area contributed by atoms with Gasteiger partial charge >= 0.3 is 0 Å². The average molecular weight is 378 g/mol. The number of nitrogens with zero attached hydrogens (tertiary/aromatic N) is 1. The first-order valence-electron chi connectivity index (χ1n) is 9.45. The molecule has 6 nitrogen and oxygen atoms in total. The number of hydrogen-bond acceptors (Lipinski definition) is 5. The van der Waals surface area contributed by atoms with Crippen LogP contribution >= 0.6 is 0 Å². The minimum atomic E-state index is -0.595. The number of methoxy groups -OCH3 is 2. The molecule has 7 heteroatoms. The Kier molecular flexibility index (Phi) is 6.44. The highest BCUT2D eigenvalue weighted by Crippen LogP contribution is 2.31. The van der Waals surface area contributed by atoms with Gasteiger partial charge in [-0.3, -0.25) is 14.9 Å². The Hall–Kier alpha value is -1.99. The smallest absolute Gasteiger partial charge is 0.234 e. The summed E-state index contributed by atoms with van der Waals surface area (Å²) in [6.07, 6.45) is 3.29. The van der Waals surface area contributed by atoms with Crippen molar-refractivity contribution < 1.29 is 23.5 Å². The van der Waals surface area contributed by atoms with Gasteiger partial charge in [-0.1, -0.05) is 6.07 Å². The number of hydrogen-bond donors (Lipinski definition) is 1. The van der Waals surface area contributed by atoms with Crippen LogP contribution in [0.4, 0.5) is 10.1 Å². The molecule has 1 atom stereocenters. The van der Waals surface area contributed by atoms with Crippen molar-refractivity contribution in [2.75, 3.05) is 32.2 Å². The predicted octanol–water partition coefficient (Wildman–Crippen LogP) is 2.57. The molecule has 2 fully saturated rings. The maximum absolute atomic E-state index is 14.7. The topological polar surface area (TPSA) is 67.9 Å². The molecule has 2 saturated heterocycles. The van der Waals surface area contributed by atoms with Crippen LogP contribution in [0.1, 0.15) is 43.6 Å². The van der Waals surface area contributed by atoms with Gasteiger partial charge in [0.05, 0.1) is 5.92 Å². The summed E-state index contributed by atoms with van der Waals surface area (Å²) >= 11 is 0. The van der Waals surface area contributed by atoms with E-state index in [1.807, 2.05) is 6.07 Å². The molecule has 27 heavy (non-hydrogen) atoms. The van der Waals surface area contributed by atoms with Gasteiger partial charge in [-0.25, -0.2) is 4.39 Å². The van der Waals surface area contributed by atoms with E-state index in [1.54, 1.807) is 20.3 Å². The molecule has 1 aromatic rings. The van der Waals surface area contributed by atoms with Crippen LogP contribution in [-0.2, 0) is 19.1 Å². The average Bonchev–Trinajstić information content (AvgIpc) is 2.67. The van der Waals surface area contributed by atoms with Gasteiger partial charge in [0.2, 0.25) is 11.8 Å². The van der Waals surface area contributed by atoms with E-state index in [1.165, 1.54) is 6.07 Å². The molecular formula is C20H27FN2O4. The molecule has 0 bridgehead atoms. The second-order valence-electron chi connectivity index (χ2n) is 7.28. The molecule has 0 aromatic heterocycles. The summed E-state index contributed by atoms with van der Waals surface area (Å²) in [5.41, 5.74) is 1.19. The second-order valence-corrected chi connectivity index (χ2v) is 7.28. The zero-order chi connectivity index (χ0) is 19.4.